The van der Waals surface area contributed by atoms with Gasteiger partial charge in [0.15, 0.2) is 0 Å². The number of nitrogens with zero attached hydrogens (tertiary/aromatic N) is 1. The van der Waals surface area contributed by atoms with Crippen molar-refractivity contribution in [1.82, 2.24) is 5.32 Å². The molecule has 0 saturated heterocycles. The minimum Gasteiger partial charge on any atom is -0.362 e. The predicted molar refractivity (Wildman–Crippen MR) is 143 cm³/mol. The molecule has 2 aromatic carbocycles. The first-order valence-electron chi connectivity index (χ1n) is 12.1. The van der Waals surface area contributed by atoms with Gasteiger partial charge in [0, 0.05) is 34.3 Å². The van der Waals surface area contributed by atoms with E-state index in [9.17, 15) is 0 Å². The van der Waals surface area contributed by atoms with Crippen LogP contribution in [-0.2, 0) is 18.3 Å². The molecule has 0 atom stereocenters. The Morgan fingerprint density at radius 3 is 2.39 bits per heavy atom. The van der Waals surface area contributed by atoms with E-state index in [4.69, 9.17) is 0 Å². The van der Waals surface area contributed by atoms with Crippen molar-refractivity contribution in [2.75, 3.05) is 0 Å². The van der Waals surface area contributed by atoms with Crippen LogP contribution in [0.15, 0.2) is 83.8 Å². The molecule has 2 nitrogen and oxygen atoms in total. The van der Waals surface area contributed by atoms with Crippen LogP contribution < -0.4 is 5.32 Å². The summed E-state index contributed by atoms with van der Waals surface area (Å²) < 4.78 is 0. The fraction of sp³-hybridized carbons (Fsp3) is 0.323. The van der Waals surface area contributed by atoms with Crippen molar-refractivity contribution in [3.05, 3.63) is 107 Å². The summed E-state index contributed by atoms with van der Waals surface area (Å²) in [5.41, 5.74) is 12.2. The van der Waals surface area contributed by atoms with Gasteiger partial charge in [0.25, 0.3) is 0 Å². The lowest BCUT2D eigenvalue weighted by atomic mass is 9.90. The Morgan fingerprint density at radius 2 is 1.70 bits per heavy atom. The second-order valence-corrected chi connectivity index (χ2v) is 9.60. The van der Waals surface area contributed by atoms with Crippen molar-refractivity contribution in [3.63, 3.8) is 0 Å². The van der Waals surface area contributed by atoms with Crippen LogP contribution in [0.25, 0.3) is 11.1 Å². The summed E-state index contributed by atoms with van der Waals surface area (Å²) in [5, 5.41) is 3.65. The Hall–Kier alpha value is -3.13. The Morgan fingerprint density at radius 1 is 0.970 bits per heavy atom. The molecule has 0 aromatic heterocycles. The van der Waals surface area contributed by atoms with Gasteiger partial charge in [-0.15, -0.1) is 0 Å². The third-order valence-electron chi connectivity index (χ3n) is 7.07. The van der Waals surface area contributed by atoms with Gasteiger partial charge in [0.1, 0.15) is 0 Å². The lowest BCUT2D eigenvalue weighted by Crippen LogP contribution is -2.22. The number of aryl methyl sites for hydroxylation is 2. The summed E-state index contributed by atoms with van der Waals surface area (Å²) in [6.45, 7) is 16.8. The van der Waals surface area contributed by atoms with Gasteiger partial charge in [-0.2, -0.15) is 0 Å². The molecule has 0 radical (unpaired) electrons. The topological polar surface area (TPSA) is 24.4 Å². The highest BCUT2D eigenvalue weighted by Gasteiger charge is 2.47. The van der Waals surface area contributed by atoms with Crippen LogP contribution in [-0.4, -0.2) is 6.21 Å². The lowest BCUT2D eigenvalue weighted by molar-refractivity contribution is 0.739. The van der Waals surface area contributed by atoms with Crippen LogP contribution >= 0.6 is 0 Å². The fourth-order valence-electron chi connectivity index (χ4n) is 4.98. The van der Waals surface area contributed by atoms with Crippen LogP contribution in [0, 0.1) is 0 Å². The van der Waals surface area contributed by atoms with Gasteiger partial charge >= 0.3 is 0 Å². The molecule has 2 aliphatic carbocycles. The van der Waals surface area contributed by atoms with Crippen molar-refractivity contribution >= 4 is 17.4 Å². The summed E-state index contributed by atoms with van der Waals surface area (Å²) >= 11 is 0. The molecule has 0 aliphatic heterocycles. The number of nitrogens with one attached hydrogen (secondary N) is 1. The van der Waals surface area contributed by atoms with Crippen molar-refractivity contribution in [2.45, 2.75) is 65.2 Å². The third kappa shape index (κ3) is 4.80. The standard InChI is InChI=1S/C31H36N2/c1-7-32-23(5)30(28-13-9-11-26(19-28)21(2)3)18-22(4)33-24(6)31(16-17-31)29-15-14-25-10-8-12-27(25)20-29/h7,9,11,13-15,18-20,33H,2,6,8,10,12,16-17H2,1,3-5H3/b22-18+,30-23+,32-7?. The third-order valence-corrected chi connectivity index (χ3v) is 7.07. The molecule has 0 amide bonds. The maximum Gasteiger partial charge on any atom is 0.0447 e. The number of benzene rings is 2. The van der Waals surface area contributed by atoms with Crippen LogP contribution in [0.3, 0.4) is 0 Å². The molecule has 2 aromatic rings. The molecule has 2 heteroatoms. The van der Waals surface area contributed by atoms with Crippen molar-refractivity contribution in [3.8, 4) is 0 Å². The highest BCUT2D eigenvalue weighted by molar-refractivity contribution is 5.80. The first-order chi connectivity index (χ1) is 15.8. The molecule has 0 heterocycles. The van der Waals surface area contributed by atoms with Gasteiger partial charge < -0.3 is 5.32 Å². The zero-order valence-electron chi connectivity index (χ0n) is 20.6. The quantitative estimate of drug-likeness (QED) is 0.332. The van der Waals surface area contributed by atoms with Gasteiger partial charge in [0.2, 0.25) is 0 Å². The van der Waals surface area contributed by atoms with E-state index in [2.05, 4.69) is 85.9 Å². The van der Waals surface area contributed by atoms with Crippen LogP contribution in [0.4, 0.5) is 0 Å². The van der Waals surface area contributed by atoms with E-state index in [1.165, 1.54) is 36.0 Å². The predicted octanol–water partition coefficient (Wildman–Crippen LogP) is 7.77. The fourth-order valence-corrected chi connectivity index (χ4v) is 4.98. The Labute approximate surface area is 199 Å². The first kappa shape index (κ1) is 23.0. The van der Waals surface area contributed by atoms with Crippen LogP contribution in [0.5, 0.6) is 0 Å². The van der Waals surface area contributed by atoms with E-state index in [0.29, 0.717) is 0 Å². The smallest absolute Gasteiger partial charge is 0.0447 e. The Bertz CT molecular complexity index is 1190. The summed E-state index contributed by atoms with van der Waals surface area (Å²) in [7, 11) is 0. The molecule has 1 N–H and O–H groups in total. The second-order valence-electron chi connectivity index (χ2n) is 9.60. The highest BCUT2D eigenvalue weighted by Crippen LogP contribution is 2.53. The Balaban J connectivity index is 1.60. The second kappa shape index (κ2) is 9.39. The SMILES string of the molecule is C=C(C)c1cccc(C(/C=C(\C)NC(=C)C2(c3ccc4c(c3)CCC4)CC2)=C(\C)N=CC)c1. The molecule has 1 fully saturated rings. The van der Waals surface area contributed by atoms with Gasteiger partial charge in [-0.3, -0.25) is 4.99 Å². The number of fused-ring (bicyclic) bond motifs is 1. The molecule has 4 rings (SSSR count). The number of rotatable bonds is 8. The lowest BCUT2D eigenvalue weighted by Gasteiger charge is -2.22. The van der Waals surface area contributed by atoms with E-state index in [1.54, 1.807) is 0 Å². The largest absolute Gasteiger partial charge is 0.362 e. The van der Waals surface area contributed by atoms with Crippen molar-refractivity contribution in [1.29, 1.82) is 0 Å². The van der Waals surface area contributed by atoms with E-state index < -0.39 is 0 Å². The molecular formula is C31H36N2. The molecule has 0 bridgehead atoms. The first-order valence-corrected chi connectivity index (χ1v) is 12.1. The molecular weight excluding hydrogens is 400 g/mol. The van der Waals surface area contributed by atoms with Crippen molar-refractivity contribution < 1.29 is 0 Å². The number of hydrogen-bond donors (Lipinski definition) is 1. The molecule has 33 heavy (non-hydrogen) atoms. The normalized spacial score (nSPS) is 17.5. The van der Waals surface area contributed by atoms with Gasteiger partial charge in [-0.25, -0.2) is 0 Å². The zero-order chi connectivity index (χ0) is 23.6. The minimum atomic E-state index is 0.0626. The average Bonchev–Trinajstić information content (AvgIpc) is 3.48. The molecule has 0 spiro atoms. The zero-order valence-corrected chi connectivity index (χ0v) is 20.6. The van der Waals surface area contributed by atoms with E-state index in [1.807, 2.05) is 20.1 Å². The summed E-state index contributed by atoms with van der Waals surface area (Å²) in [6, 6.07) is 15.6. The van der Waals surface area contributed by atoms with Gasteiger partial charge in [-0.05, 0) is 99.8 Å². The van der Waals surface area contributed by atoms with E-state index >= 15 is 0 Å². The minimum absolute atomic E-state index is 0.0626. The van der Waals surface area contributed by atoms with Gasteiger partial charge in [0.05, 0.1) is 0 Å². The number of aliphatic imine (C=N–C) groups is 1. The molecule has 0 unspecified atom stereocenters. The van der Waals surface area contributed by atoms with Crippen LogP contribution in [0.2, 0.25) is 0 Å². The molecule has 170 valence electrons. The average molecular weight is 437 g/mol. The van der Waals surface area contributed by atoms with Crippen LogP contribution in [0.1, 0.15) is 74.8 Å². The summed E-state index contributed by atoms with van der Waals surface area (Å²) in [4.78, 5) is 4.59. The maximum absolute atomic E-state index is 4.59. The van der Waals surface area contributed by atoms with E-state index in [-0.39, 0.29) is 5.41 Å². The monoisotopic (exact) mass is 436 g/mol. The summed E-state index contributed by atoms with van der Waals surface area (Å²) in [6.07, 6.45) is 10.1. The van der Waals surface area contributed by atoms with Gasteiger partial charge in [-0.1, -0.05) is 55.1 Å². The van der Waals surface area contributed by atoms with Crippen molar-refractivity contribution in [2.24, 2.45) is 4.99 Å². The maximum atomic E-state index is 4.59. The summed E-state index contributed by atoms with van der Waals surface area (Å²) in [5.74, 6) is 0. The Kier molecular flexibility index (Phi) is 6.56. The number of hydrogen-bond acceptors (Lipinski definition) is 2. The van der Waals surface area contributed by atoms with E-state index in [0.717, 1.165) is 52.2 Å². The molecule has 1 saturated carbocycles. The molecule has 2 aliphatic rings. The highest BCUT2D eigenvalue weighted by atomic mass is 14.9. The number of allylic oxidation sites excluding steroid dienone is 6.